The Hall–Kier alpha value is -0.390. The largest absolute Gasteiger partial charge is 0.240 e. The molecular formula is C15H22BrNO2S. The third-order valence-corrected chi connectivity index (χ3v) is 6.59. The Kier molecular flexibility index (Phi) is 5.26. The van der Waals surface area contributed by atoms with E-state index in [4.69, 9.17) is 0 Å². The lowest BCUT2D eigenvalue weighted by atomic mass is 9.85. The maximum absolute atomic E-state index is 12.4. The summed E-state index contributed by atoms with van der Waals surface area (Å²) in [4.78, 5) is 0.357. The number of rotatable bonds is 4. The first kappa shape index (κ1) is 16.0. The number of sulfonamides is 1. The van der Waals surface area contributed by atoms with Crippen molar-refractivity contribution in [2.75, 3.05) is 0 Å². The first-order chi connectivity index (χ1) is 9.42. The van der Waals surface area contributed by atoms with E-state index in [2.05, 4.69) is 27.6 Å². The second kappa shape index (κ2) is 6.58. The van der Waals surface area contributed by atoms with Gasteiger partial charge in [0.1, 0.15) is 0 Å². The molecule has 1 aromatic carbocycles. The Balaban J connectivity index is 2.06. The molecule has 0 radical (unpaired) electrons. The molecule has 1 N–H and O–H groups in total. The van der Waals surface area contributed by atoms with Crippen LogP contribution in [0.2, 0.25) is 0 Å². The van der Waals surface area contributed by atoms with Gasteiger partial charge < -0.3 is 0 Å². The summed E-state index contributed by atoms with van der Waals surface area (Å²) in [7, 11) is -3.39. The van der Waals surface area contributed by atoms with E-state index in [9.17, 15) is 8.42 Å². The topological polar surface area (TPSA) is 46.2 Å². The van der Waals surface area contributed by atoms with E-state index in [0.717, 1.165) is 41.6 Å². The highest BCUT2D eigenvalue weighted by Gasteiger charge is 2.25. The molecule has 0 aliphatic heterocycles. The van der Waals surface area contributed by atoms with Crippen LogP contribution in [0.5, 0.6) is 0 Å². The molecule has 1 aromatic rings. The van der Waals surface area contributed by atoms with Crippen LogP contribution in [0.25, 0.3) is 0 Å². The second-order valence-corrected chi connectivity index (χ2v) is 8.23. The van der Waals surface area contributed by atoms with Crippen molar-refractivity contribution in [1.29, 1.82) is 0 Å². The van der Waals surface area contributed by atoms with E-state index in [0.29, 0.717) is 4.90 Å². The molecule has 5 heteroatoms. The third-order valence-electron chi connectivity index (χ3n) is 4.19. The van der Waals surface area contributed by atoms with E-state index >= 15 is 0 Å². The van der Waals surface area contributed by atoms with Gasteiger partial charge >= 0.3 is 0 Å². The molecule has 112 valence electrons. The van der Waals surface area contributed by atoms with Gasteiger partial charge in [-0.25, -0.2) is 13.1 Å². The zero-order valence-corrected chi connectivity index (χ0v) is 14.4. The average Bonchev–Trinajstić information content (AvgIpc) is 2.42. The van der Waals surface area contributed by atoms with Crippen molar-refractivity contribution in [1.82, 2.24) is 4.72 Å². The van der Waals surface area contributed by atoms with Crippen LogP contribution in [0.1, 0.15) is 44.6 Å². The monoisotopic (exact) mass is 359 g/mol. The Bertz CT molecular complexity index is 563. The zero-order chi connectivity index (χ0) is 14.8. The van der Waals surface area contributed by atoms with Gasteiger partial charge in [-0.2, -0.15) is 0 Å². The summed E-state index contributed by atoms with van der Waals surface area (Å²) in [6.07, 6.45) is 5.36. The van der Waals surface area contributed by atoms with Crippen LogP contribution >= 0.6 is 15.9 Å². The maximum atomic E-state index is 12.4. The van der Waals surface area contributed by atoms with Gasteiger partial charge in [-0.15, -0.1) is 0 Å². The minimum atomic E-state index is -3.39. The van der Waals surface area contributed by atoms with Crippen LogP contribution in [-0.4, -0.2) is 14.5 Å². The number of benzene rings is 1. The molecule has 0 aromatic heterocycles. The van der Waals surface area contributed by atoms with E-state index < -0.39 is 10.0 Å². The van der Waals surface area contributed by atoms with Crippen molar-refractivity contribution < 1.29 is 8.42 Å². The van der Waals surface area contributed by atoms with E-state index in [1.807, 2.05) is 6.92 Å². The SMILES string of the molecule is CCC1CCC(NS(=O)(=O)c2ccc(Br)c(C)c2)CC1. The predicted molar refractivity (Wildman–Crippen MR) is 85.2 cm³/mol. The lowest BCUT2D eigenvalue weighted by Crippen LogP contribution is -2.37. The molecule has 0 unspecified atom stereocenters. The van der Waals surface area contributed by atoms with Gasteiger partial charge in [0.05, 0.1) is 4.90 Å². The van der Waals surface area contributed by atoms with Gasteiger partial charge in [-0.3, -0.25) is 0 Å². The number of nitrogens with one attached hydrogen (secondary N) is 1. The van der Waals surface area contributed by atoms with Gasteiger partial charge in [-0.05, 0) is 62.3 Å². The van der Waals surface area contributed by atoms with E-state index in [1.54, 1.807) is 18.2 Å². The van der Waals surface area contributed by atoms with Crippen molar-refractivity contribution in [2.24, 2.45) is 5.92 Å². The summed E-state index contributed by atoms with van der Waals surface area (Å²) >= 11 is 3.39. The minimum absolute atomic E-state index is 0.0896. The van der Waals surface area contributed by atoms with Crippen molar-refractivity contribution in [3.63, 3.8) is 0 Å². The molecule has 1 saturated carbocycles. The predicted octanol–water partition coefficient (Wildman–Crippen LogP) is 4.00. The summed E-state index contributed by atoms with van der Waals surface area (Å²) < 4.78 is 28.6. The molecule has 3 nitrogen and oxygen atoms in total. The number of halogens is 1. The molecule has 1 fully saturated rings. The fourth-order valence-electron chi connectivity index (χ4n) is 2.76. The van der Waals surface area contributed by atoms with Gasteiger partial charge in [0, 0.05) is 10.5 Å². The normalized spacial score (nSPS) is 23.8. The van der Waals surface area contributed by atoms with Gasteiger partial charge in [0.25, 0.3) is 0 Å². The summed E-state index contributed by atoms with van der Waals surface area (Å²) in [5, 5.41) is 0. The van der Waals surface area contributed by atoms with Gasteiger partial charge in [0.2, 0.25) is 10.0 Å². The third kappa shape index (κ3) is 3.83. The standard InChI is InChI=1S/C15H22BrNO2S/c1-3-12-4-6-13(7-5-12)17-20(18,19)14-8-9-15(16)11(2)10-14/h8-10,12-13,17H,3-7H2,1-2H3. The Labute approximate surface area is 130 Å². The van der Waals surface area contributed by atoms with Crippen molar-refractivity contribution in [2.45, 2.75) is 56.9 Å². The van der Waals surface area contributed by atoms with Crippen molar-refractivity contribution in [3.8, 4) is 0 Å². The summed E-state index contributed by atoms with van der Waals surface area (Å²) in [6, 6.07) is 5.24. The Morgan fingerprint density at radius 3 is 2.45 bits per heavy atom. The molecule has 0 amide bonds. The van der Waals surface area contributed by atoms with Gasteiger partial charge in [-0.1, -0.05) is 29.3 Å². The van der Waals surface area contributed by atoms with Crippen LogP contribution < -0.4 is 4.72 Å². The van der Waals surface area contributed by atoms with Crippen LogP contribution in [0.4, 0.5) is 0 Å². The summed E-state index contributed by atoms with van der Waals surface area (Å²) in [5.74, 6) is 0.769. The minimum Gasteiger partial charge on any atom is -0.208 e. The van der Waals surface area contributed by atoms with Crippen molar-refractivity contribution in [3.05, 3.63) is 28.2 Å². The summed E-state index contributed by atoms with van der Waals surface area (Å²) in [5.41, 5.74) is 0.933. The molecule has 0 heterocycles. The number of aryl methyl sites for hydroxylation is 1. The molecule has 0 saturated heterocycles. The second-order valence-electron chi connectivity index (χ2n) is 5.66. The van der Waals surface area contributed by atoms with Crippen LogP contribution in [-0.2, 0) is 10.0 Å². The van der Waals surface area contributed by atoms with E-state index in [1.165, 1.54) is 6.42 Å². The average molecular weight is 360 g/mol. The Morgan fingerprint density at radius 1 is 1.25 bits per heavy atom. The highest BCUT2D eigenvalue weighted by Crippen LogP contribution is 2.28. The fraction of sp³-hybridized carbons (Fsp3) is 0.600. The van der Waals surface area contributed by atoms with Gasteiger partial charge in [0.15, 0.2) is 0 Å². The molecule has 0 atom stereocenters. The first-order valence-electron chi connectivity index (χ1n) is 7.21. The lowest BCUT2D eigenvalue weighted by molar-refractivity contribution is 0.306. The fourth-order valence-corrected chi connectivity index (χ4v) is 4.40. The number of hydrogen-bond donors (Lipinski definition) is 1. The zero-order valence-electron chi connectivity index (χ0n) is 12.0. The highest BCUT2D eigenvalue weighted by atomic mass is 79.9. The molecular weight excluding hydrogens is 338 g/mol. The molecule has 1 aliphatic rings. The molecule has 0 spiro atoms. The first-order valence-corrected chi connectivity index (χ1v) is 9.48. The lowest BCUT2D eigenvalue weighted by Gasteiger charge is -2.28. The number of hydrogen-bond acceptors (Lipinski definition) is 2. The highest BCUT2D eigenvalue weighted by molar-refractivity contribution is 9.10. The van der Waals surface area contributed by atoms with E-state index in [-0.39, 0.29) is 6.04 Å². The van der Waals surface area contributed by atoms with Crippen LogP contribution in [0.3, 0.4) is 0 Å². The van der Waals surface area contributed by atoms with Crippen molar-refractivity contribution >= 4 is 26.0 Å². The maximum Gasteiger partial charge on any atom is 0.240 e. The van der Waals surface area contributed by atoms with Crippen LogP contribution in [0, 0.1) is 12.8 Å². The molecule has 2 rings (SSSR count). The molecule has 20 heavy (non-hydrogen) atoms. The smallest absolute Gasteiger partial charge is 0.208 e. The quantitative estimate of drug-likeness (QED) is 0.882. The Morgan fingerprint density at radius 2 is 1.90 bits per heavy atom. The molecule has 1 aliphatic carbocycles. The molecule has 0 bridgehead atoms. The summed E-state index contributed by atoms with van der Waals surface area (Å²) in [6.45, 7) is 4.11. The van der Waals surface area contributed by atoms with Crippen LogP contribution in [0.15, 0.2) is 27.6 Å².